The monoisotopic (exact) mass is 449 g/mol. The van der Waals surface area contributed by atoms with Gasteiger partial charge in [0.1, 0.15) is 23.4 Å². The Morgan fingerprint density at radius 3 is 2.94 bits per heavy atom. The Bertz CT molecular complexity index is 1300. The molecule has 0 fully saturated rings. The molecule has 9 nitrogen and oxygen atoms in total. The molecule has 4 aromatic rings. The minimum atomic E-state index is -0.125. The van der Waals surface area contributed by atoms with Crippen LogP contribution in [0.3, 0.4) is 0 Å². The summed E-state index contributed by atoms with van der Waals surface area (Å²) in [4.78, 5) is 28.6. The fraction of sp³-hybridized carbons (Fsp3) is 0.318. The van der Waals surface area contributed by atoms with Gasteiger partial charge in [-0.05, 0) is 18.9 Å². The Morgan fingerprint density at radius 1 is 1.25 bits per heavy atom. The first-order valence-electron chi connectivity index (χ1n) is 10.4. The molecule has 1 aliphatic rings. The molecule has 0 saturated heterocycles. The highest BCUT2D eigenvalue weighted by molar-refractivity contribution is 8.00. The van der Waals surface area contributed by atoms with Gasteiger partial charge in [-0.2, -0.15) is 9.78 Å². The number of fused-ring (bicyclic) bond motifs is 2. The number of carbonyl (C=O) groups is 1. The number of amides is 1. The lowest BCUT2D eigenvalue weighted by Crippen LogP contribution is -2.16. The van der Waals surface area contributed by atoms with Crippen molar-refractivity contribution in [1.82, 2.24) is 29.7 Å². The second-order valence-corrected chi connectivity index (χ2v) is 9.13. The minimum Gasteiger partial charge on any atom is -0.493 e. The molecule has 0 saturated carbocycles. The number of imidazole rings is 1. The highest BCUT2D eigenvalue weighted by atomic mass is 32.2. The number of carbonyl (C=O) groups excluding carboxylic acids is 1. The average Bonchev–Trinajstić information content (AvgIpc) is 3.33. The normalized spacial score (nSPS) is 16.1. The number of aryl methyl sites for hydroxylation is 1. The van der Waals surface area contributed by atoms with Crippen LogP contribution in [0.15, 0.2) is 36.9 Å². The second kappa shape index (κ2) is 8.27. The molecule has 1 aromatic carbocycles. The van der Waals surface area contributed by atoms with E-state index in [9.17, 15) is 4.79 Å². The van der Waals surface area contributed by atoms with Gasteiger partial charge < -0.3 is 15.0 Å². The number of nitrogens with zero attached hydrogens (tertiary/aromatic N) is 5. The Morgan fingerprint density at radius 2 is 2.09 bits per heavy atom. The number of rotatable bonds is 5. The van der Waals surface area contributed by atoms with E-state index in [1.807, 2.05) is 25.1 Å². The van der Waals surface area contributed by atoms with Crippen LogP contribution in [0.2, 0.25) is 0 Å². The standard InChI is InChI=1S/C22H23N7O2S/c1-12(2)8-31-15-7-5-4-6-14(15)19-17-13(3)28-29(21(17)27-16(30)9-32-19)22-18-20(24-10-23-18)25-11-26-22/h4-7,10-12,19H,8-9H2,1-3H3,(H,27,30)(H,23,24,25,26)/t19-/m0/s1. The van der Waals surface area contributed by atoms with Gasteiger partial charge in [0.15, 0.2) is 11.5 Å². The lowest BCUT2D eigenvalue weighted by molar-refractivity contribution is -0.113. The third kappa shape index (κ3) is 3.60. The molecule has 3 aromatic heterocycles. The maximum Gasteiger partial charge on any atom is 0.235 e. The summed E-state index contributed by atoms with van der Waals surface area (Å²) in [6.45, 7) is 6.81. The zero-order valence-corrected chi connectivity index (χ0v) is 18.8. The minimum absolute atomic E-state index is 0.0876. The lowest BCUT2D eigenvalue weighted by Gasteiger charge is -2.20. The van der Waals surface area contributed by atoms with E-state index in [0.717, 1.165) is 22.6 Å². The Kier molecular flexibility index (Phi) is 5.30. The maximum absolute atomic E-state index is 12.7. The van der Waals surface area contributed by atoms with Crippen LogP contribution in [0, 0.1) is 12.8 Å². The number of H-pyrrole nitrogens is 1. The predicted octanol–water partition coefficient (Wildman–Crippen LogP) is 3.66. The number of ether oxygens (including phenoxy) is 1. The van der Waals surface area contributed by atoms with E-state index in [0.29, 0.717) is 41.1 Å². The van der Waals surface area contributed by atoms with E-state index < -0.39 is 0 Å². The number of anilines is 1. The predicted molar refractivity (Wildman–Crippen MR) is 123 cm³/mol. The van der Waals surface area contributed by atoms with Gasteiger partial charge in [0.25, 0.3) is 0 Å². The van der Waals surface area contributed by atoms with Gasteiger partial charge >= 0.3 is 0 Å². The number of aromatic amines is 1. The Balaban J connectivity index is 1.67. The molecule has 1 aliphatic heterocycles. The van der Waals surface area contributed by atoms with E-state index in [1.54, 1.807) is 22.8 Å². The number of hydrogen-bond acceptors (Lipinski definition) is 7. The fourth-order valence-electron chi connectivity index (χ4n) is 3.78. The summed E-state index contributed by atoms with van der Waals surface area (Å²) in [5.41, 5.74) is 3.96. The second-order valence-electron chi connectivity index (χ2n) is 8.04. The van der Waals surface area contributed by atoms with E-state index in [2.05, 4.69) is 45.2 Å². The van der Waals surface area contributed by atoms with Crippen LogP contribution in [0.5, 0.6) is 5.75 Å². The van der Waals surface area contributed by atoms with Crippen molar-refractivity contribution in [2.45, 2.75) is 26.0 Å². The van der Waals surface area contributed by atoms with Gasteiger partial charge in [-0.25, -0.2) is 15.0 Å². The van der Waals surface area contributed by atoms with Crippen molar-refractivity contribution < 1.29 is 9.53 Å². The summed E-state index contributed by atoms with van der Waals surface area (Å²) in [5.74, 6) is 2.60. The van der Waals surface area contributed by atoms with Crippen LogP contribution in [-0.2, 0) is 4.79 Å². The van der Waals surface area contributed by atoms with E-state index in [4.69, 9.17) is 9.84 Å². The average molecular weight is 450 g/mol. The van der Waals surface area contributed by atoms with Crippen LogP contribution in [-0.4, -0.2) is 48.0 Å². The van der Waals surface area contributed by atoms with Gasteiger partial charge in [-0.3, -0.25) is 4.79 Å². The topological polar surface area (TPSA) is 111 Å². The number of nitrogens with one attached hydrogen (secondary N) is 2. The van der Waals surface area contributed by atoms with Crippen molar-refractivity contribution in [3.05, 3.63) is 53.7 Å². The quantitative estimate of drug-likeness (QED) is 0.478. The van der Waals surface area contributed by atoms with Gasteiger partial charge in [-0.1, -0.05) is 32.0 Å². The summed E-state index contributed by atoms with van der Waals surface area (Å²) >= 11 is 1.57. The zero-order valence-electron chi connectivity index (χ0n) is 18.0. The molecule has 5 rings (SSSR count). The SMILES string of the molecule is Cc1nn(-c2ncnc3nc[nH]c23)c2c1[C@H](c1ccccc1OCC(C)C)SCC(=O)N2. The van der Waals surface area contributed by atoms with Crippen molar-refractivity contribution in [2.75, 3.05) is 17.7 Å². The lowest BCUT2D eigenvalue weighted by atomic mass is 10.0. The van der Waals surface area contributed by atoms with E-state index in [-0.39, 0.29) is 11.2 Å². The molecule has 32 heavy (non-hydrogen) atoms. The van der Waals surface area contributed by atoms with Gasteiger partial charge in [0.2, 0.25) is 5.91 Å². The van der Waals surface area contributed by atoms with Crippen LogP contribution < -0.4 is 10.1 Å². The molecule has 164 valence electrons. The summed E-state index contributed by atoms with van der Waals surface area (Å²) in [6.07, 6.45) is 3.01. The molecule has 1 atom stereocenters. The highest BCUT2D eigenvalue weighted by Crippen LogP contribution is 2.46. The van der Waals surface area contributed by atoms with Gasteiger partial charge in [0.05, 0.1) is 29.6 Å². The third-order valence-electron chi connectivity index (χ3n) is 5.19. The highest BCUT2D eigenvalue weighted by Gasteiger charge is 2.33. The zero-order chi connectivity index (χ0) is 22.2. The Labute approximate surface area is 189 Å². The molecular formula is C22H23N7O2S. The first-order chi connectivity index (χ1) is 15.5. The number of benzene rings is 1. The summed E-state index contributed by atoms with van der Waals surface area (Å²) < 4.78 is 7.80. The van der Waals surface area contributed by atoms with Crippen LogP contribution in [0.25, 0.3) is 17.0 Å². The molecule has 0 bridgehead atoms. The van der Waals surface area contributed by atoms with Crippen LogP contribution >= 0.6 is 11.8 Å². The number of hydrogen-bond donors (Lipinski definition) is 2. The number of thioether (sulfide) groups is 1. The van der Waals surface area contributed by atoms with Crippen molar-refractivity contribution in [3.8, 4) is 11.6 Å². The van der Waals surface area contributed by atoms with E-state index >= 15 is 0 Å². The van der Waals surface area contributed by atoms with Gasteiger partial charge in [-0.15, -0.1) is 11.8 Å². The summed E-state index contributed by atoms with van der Waals surface area (Å²) in [7, 11) is 0. The molecule has 10 heteroatoms. The molecule has 1 amide bonds. The molecular weight excluding hydrogens is 426 g/mol. The van der Waals surface area contributed by atoms with Crippen molar-refractivity contribution in [3.63, 3.8) is 0 Å². The Hall–Kier alpha value is -3.40. The molecule has 0 radical (unpaired) electrons. The first kappa shape index (κ1) is 20.5. The van der Waals surface area contributed by atoms with Crippen molar-refractivity contribution in [1.29, 1.82) is 0 Å². The number of aromatic nitrogens is 6. The van der Waals surface area contributed by atoms with Crippen LogP contribution in [0.4, 0.5) is 5.82 Å². The molecule has 0 spiro atoms. The van der Waals surface area contributed by atoms with Crippen molar-refractivity contribution in [2.24, 2.45) is 5.92 Å². The van der Waals surface area contributed by atoms with Gasteiger partial charge in [0, 0.05) is 11.1 Å². The van der Waals surface area contributed by atoms with E-state index in [1.165, 1.54) is 6.33 Å². The molecule has 2 N–H and O–H groups in total. The summed E-state index contributed by atoms with van der Waals surface area (Å²) in [5, 5.41) is 7.67. The largest absolute Gasteiger partial charge is 0.493 e. The number of para-hydroxylation sites is 1. The fourth-order valence-corrected chi connectivity index (χ4v) is 4.99. The maximum atomic E-state index is 12.7. The smallest absolute Gasteiger partial charge is 0.235 e. The molecule has 0 aliphatic carbocycles. The third-order valence-corrected chi connectivity index (χ3v) is 6.44. The first-order valence-corrected chi connectivity index (χ1v) is 11.4. The molecule has 0 unspecified atom stereocenters. The molecule has 4 heterocycles. The van der Waals surface area contributed by atoms with Crippen molar-refractivity contribution >= 4 is 34.7 Å². The van der Waals surface area contributed by atoms with Crippen LogP contribution in [0.1, 0.15) is 35.9 Å². The summed E-state index contributed by atoms with van der Waals surface area (Å²) in [6, 6.07) is 8.01.